The molecule has 0 bridgehead atoms. The van der Waals surface area contributed by atoms with Crippen molar-refractivity contribution < 1.29 is 34.4 Å². The van der Waals surface area contributed by atoms with Crippen molar-refractivity contribution in [3.05, 3.63) is 130 Å². The van der Waals surface area contributed by atoms with Crippen molar-refractivity contribution in [1.82, 2.24) is 0 Å². The molecule has 1 aliphatic heterocycles. The molecule has 466 valence electrons. The van der Waals surface area contributed by atoms with Crippen LogP contribution in [0.25, 0.3) is 10.8 Å². The third kappa shape index (κ3) is 9.26. The second kappa shape index (κ2) is 22.5. The monoisotopic (exact) mass is 1180 g/mol. The number of ether oxygens (including phenoxy) is 2. The van der Waals surface area contributed by atoms with Gasteiger partial charge < -0.3 is 24.8 Å². The fourth-order valence-electron chi connectivity index (χ4n) is 25.1. The van der Waals surface area contributed by atoms with Gasteiger partial charge >= 0.3 is 11.9 Å². The number of esters is 2. The van der Waals surface area contributed by atoms with Gasteiger partial charge in [0.05, 0.1) is 29.1 Å². The average Bonchev–Trinajstić information content (AvgIpc) is 1.62. The lowest BCUT2D eigenvalue weighted by Crippen LogP contribution is -2.77. The molecule has 7 nitrogen and oxygen atoms in total. The maximum atomic E-state index is 15.1. The number of benzene rings is 4. The van der Waals surface area contributed by atoms with Crippen LogP contribution in [0.4, 0.5) is 0 Å². The molecule has 0 saturated heterocycles. The SMILES string of the molecule is CC(CCCc1ccccc1)CCC(O)C12C(O)CCC(C)(C3CCC45CC6(CCC7(CCCC7)C6)C6CC7(c8ccccc8)CCCCC7c7ccc8cccc(c8c7C64)C5C3)C1C(OC(=O)C1CCCCC1)CC(C)C2(O)CCC1=CC(=O)OC1. The highest BCUT2D eigenvalue weighted by Gasteiger charge is 2.77. The average molecular weight is 1180 g/mol. The van der Waals surface area contributed by atoms with E-state index in [0.29, 0.717) is 60.7 Å². The molecule has 8 saturated carbocycles. The highest BCUT2D eigenvalue weighted by atomic mass is 16.5. The number of aryl methyl sites for hydroxylation is 1. The van der Waals surface area contributed by atoms with Crippen LogP contribution in [-0.2, 0) is 30.9 Å². The first-order chi connectivity index (χ1) is 42.2. The maximum Gasteiger partial charge on any atom is 0.331 e. The molecule has 7 heteroatoms. The molecule has 3 spiro atoms. The van der Waals surface area contributed by atoms with E-state index in [1.54, 1.807) is 33.7 Å². The van der Waals surface area contributed by atoms with Crippen molar-refractivity contribution in [3.8, 4) is 0 Å². The number of rotatable bonds is 15. The Bertz CT molecular complexity index is 3230. The molecule has 87 heavy (non-hydrogen) atoms. The summed E-state index contributed by atoms with van der Waals surface area (Å²) in [6.07, 6.45) is 31.2. The number of aliphatic hydroxyl groups excluding tert-OH is 2. The highest BCUT2D eigenvalue weighted by molar-refractivity contribution is 5.93. The normalized spacial score (nSPS) is 39.8. The predicted molar refractivity (Wildman–Crippen MR) is 345 cm³/mol. The predicted octanol–water partition coefficient (Wildman–Crippen LogP) is 17.6. The van der Waals surface area contributed by atoms with Gasteiger partial charge in [0.25, 0.3) is 0 Å². The number of carbonyl (C=O) groups is 2. The first kappa shape index (κ1) is 59.0. The molecule has 3 N–H and O–H groups in total. The molecule has 10 aliphatic carbocycles. The number of carbonyl (C=O) groups excluding carboxylic acids is 2. The Morgan fingerprint density at radius 3 is 2.29 bits per heavy atom. The van der Waals surface area contributed by atoms with E-state index in [9.17, 15) is 20.1 Å². The summed E-state index contributed by atoms with van der Waals surface area (Å²) in [6, 6.07) is 35.3. The van der Waals surface area contributed by atoms with E-state index in [1.165, 1.54) is 94.4 Å². The van der Waals surface area contributed by atoms with Gasteiger partial charge in [-0.05, 0) is 255 Å². The summed E-state index contributed by atoms with van der Waals surface area (Å²) in [5.74, 6) is 0.883. The van der Waals surface area contributed by atoms with Gasteiger partial charge in [0.1, 0.15) is 12.7 Å². The molecule has 11 aliphatic rings. The number of cyclic esters (lactones) is 1. The minimum Gasteiger partial charge on any atom is -0.462 e. The number of fused-ring (bicyclic) bond motifs is 5. The van der Waals surface area contributed by atoms with Crippen LogP contribution >= 0.6 is 0 Å². The Labute approximate surface area is 521 Å². The smallest absolute Gasteiger partial charge is 0.331 e. The standard InChI is InChI=1S/C80H104O7/c1-52(19-17-22-54-20-7-4-8-21-54)30-33-66(81)80-67(82)36-40-74(3,72(80)65(87-73(84)57-23-9-5-10-24-57)45-53(2)79(80,85)42-34-55-46-68(83)86-49-55)59-35-41-78-51-76(44-43-75(50-76)37-15-16-38-75)64-48-77(58-26-11-6-12-27-58)39-14-13-29-62(77)61-32-31-56-25-18-28-60(63(78)47-59)69(56)70(61)71(64)78/h4,6-8,11-12,18,20-21,25-28,31-32,46,52-53,57,59,62-67,71-72,81-82,85H,5,9-10,13-17,19,22-24,29-30,33-45,47-51H2,1-3H3. The first-order valence-electron chi connectivity index (χ1n) is 36.0. The third-order valence-corrected chi connectivity index (χ3v) is 28.8. The van der Waals surface area contributed by atoms with Gasteiger partial charge in [-0.25, -0.2) is 4.79 Å². The van der Waals surface area contributed by atoms with Gasteiger partial charge in [-0.15, -0.1) is 0 Å². The molecule has 4 aromatic carbocycles. The van der Waals surface area contributed by atoms with Crippen molar-refractivity contribution in [2.75, 3.05) is 6.61 Å². The van der Waals surface area contributed by atoms with E-state index in [1.807, 2.05) is 0 Å². The molecule has 15 rings (SSSR count). The second-order valence-corrected chi connectivity index (χ2v) is 32.6. The van der Waals surface area contributed by atoms with Crippen LogP contribution in [0.15, 0.2) is 103 Å². The molecular weight excluding hydrogens is 1070 g/mol. The van der Waals surface area contributed by atoms with Crippen LogP contribution in [0.5, 0.6) is 0 Å². The summed E-state index contributed by atoms with van der Waals surface area (Å²) in [5.41, 5.74) is 6.31. The number of hydrogen-bond donors (Lipinski definition) is 3. The van der Waals surface area contributed by atoms with Crippen molar-refractivity contribution >= 4 is 22.7 Å². The lowest BCUT2D eigenvalue weighted by molar-refractivity contribution is -0.328. The summed E-state index contributed by atoms with van der Waals surface area (Å²) in [4.78, 5) is 27.8. The van der Waals surface area contributed by atoms with Gasteiger partial charge in [-0.2, -0.15) is 0 Å². The van der Waals surface area contributed by atoms with Crippen molar-refractivity contribution in [2.45, 2.75) is 267 Å². The minimum atomic E-state index is -1.55. The van der Waals surface area contributed by atoms with E-state index >= 15 is 4.79 Å². The Balaban J connectivity index is 0.861. The zero-order chi connectivity index (χ0) is 59.6. The van der Waals surface area contributed by atoms with E-state index < -0.39 is 46.6 Å². The van der Waals surface area contributed by atoms with Crippen LogP contribution in [0.3, 0.4) is 0 Å². The van der Waals surface area contributed by atoms with E-state index in [4.69, 9.17) is 9.47 Å². The van der Waals surface area contributed by atoms with Crippen LogP contribution in [-0.4, -0.2) is 57.8 Å². The zero-order valence-corrected chi connectivity index (χ0v) is 53.3. The van der Waals surface area contributed by atoms with E-state index in [0.717, 1.165) is 89.0 Å². The molecular formula is C80H104O7. The summed E-state index contributed by atoms with van der Waals surface area (Å²) < 4.78 is 12.8. The van der Waals surface area contributed by atoms with Gasteiger partial charge in [0.15, 0.2) is 0 Å². The fourth-order valence-corrected chi connectivity index (χ4v) is 25.1. The second-order valence-electron chi connectivity index (χ2n) is 32.6. The number of hydrogen-bond acceptors (Lipinski definition) is 7. The maximum absolute atomic E-state index is 15.1. The summed E-state index contributed by atoms with van der Waals surface area (Å²) in [6.45, 7) is 7.13. The molecule has 8 fully saturated rings. The van der Waals surface area contributed by atoms with Crippen LogP contribution in [0, 0.1) is 62.6 Å². The number of aliphatic hydroxyl groups is 3. The van der Waals surface area contributed by atoms with Crippen LogP contribution < -0.4 is 0 Å². The van der Waals surface area contributed by atoms with Crippen LogP contribution in [0.2, 0.25) is 0 Å². The largest absolute Gasteiger partial charge is 0.462 e. The summed E-state index contributed by atoms with van der Waals surface area (Å²) in [5, 5.41) is 45.1. The lowest BCUT2D eigenvalue weighted by atomic mass is 9.36. The quantitative estimate of drug-likeness (QED) is 0.102. The first-order valence-corrected chi connectivity index (χ1v) is 36.0. The molecule has 0 radical (unpaired) electrons. The van der Waals surface area contributed by atoms with Crippen molar-refractivity contribution in [2.24, 2.45) is 62.6 Å². The summed E-state index contributed by atoms with van der Waals surface area (Å²) in [7, 11) is 0. The van der Waals surface area contributed by atoms with Gasteiger partial charge in [0.2, 0.25) is 0 Å². The lowest BCUT2D eigenvalue weighted by Gasteiger charge is -2.71. The van der Waals surface area contributed by atoms with Crippen molar-refractivity contribution in [3.63, 3.8) is 0 Å². The molecule has 17 atom stereocenters. The summed E-state index contributed by atoms with van der Waals surface area (Å²) >= 11 is 0. The Morgan fingerprint density at radius 2 is 1.51 bits per heavy atom. The molecule has 17 unspecified atom stereocenters. The van der Waals surface area contributed by atoms with Gasteiger partial charge in [-0.1, -0.05) is 163 Å². The highest BCUT2D eigenvalue weighted by Crippen LogP contribution is 2.83. The molecule has 1 heterocycles. The Hall–Kier alpha value is -4.30. The van der Waals surface area contributed by atoms with Gasteiger partial charge in [-0.3, -0.25) is 4.79 Å². The van der Waals surface area contributed by atoms with E-state index in [2.05, 4.69) is 112 Å². The minimum absolute atomic E-state index is 0.0923. The Morgan fingerprint density at radius 1 is 0.736 bits per heavy atom. The molecule has 4 aromatic rings. The molecule has 0 amide bonds. The topological polar surface area (TPSA) is 113 Å². The van der Waals surface area contributed by atoms with E-state index in [-0.39, 0.29) is 53.0 Å². The zero-order valence-electron chi connectivity index (χ0n) is 53.3. The third-order valence-electron chi connectivity index (χ3n) is 28.8. The Kier molecular flexibility index (Phi) is 15.3. The van der Waals surface area contributed by atoms with Gasteiger partial charge in [0, 0.05) is 17.4 Å². The fraction of sp³-hybridized carbons (Fsp3) is 0.675. The van der Waals surface area contributed by atoms with Crippen molar-refractivity contribution in [1.29, 1.82) is 0 Å². The molecule has 0 aromatic heterocycles. The van der Waals surface area contributed by atoms with Crippen LogP contribution in [0.1, 0.15) is 259 Å².